The van der Waals surface area contributed by atoms with Crippen molar-refractivity contribution < 1.29 is 9.53 Å². The smallest absolute Gasteiger partial charge is 0.410 e. The van der Waals surface area contributed by atoms with E-state index in [1.54, 1.807) is 17.2 Å². The van der Waals surface area contributed by atoms with Crippen molar-refractivity contribution in [3.05, 3.63) is 41.7 Å². The minimum atomic E-state index is -0.428. The third-order valence-electron chi connectivity index (χ3n) is 6.82. The van der Waals surface area contributed by atoms with E-state index in [2.05, 4.69) is 33.3 Å². The summed E-state index contributed by atoms with van der Waals surface area (Å²) < 4.78 is 5.54. The van der Waals surface area contributed by atoms with E-state index in [0.29, 0.717) is 11.5 Å². The second kappa shape index (κ2) is 7.08. The number of aromatic nitrogens is 3. The fraction of sp³-hybridized carbons (Fsp3) is 0.609. The lowest BCUT2D eigenvalue weighted by molar-refractivity contribution is -0.0716. The van der Waals surface area contributed by atoms with E-state index in [1.807, 2.05) is 25.7 Å². The summed E-state index contributed by atoms with van der Waals surface area (Å²) in [5.41, 5.74) is 3.87. The first-order chi connectivity index (χ1) is 14.3. The molecular weight excluding hydrogens is 378 g/mol. The van der Waals surface area contributed by atoms with E-state index in [1.165, 1.54) is 17.5 Å². The lowest BCUT2D eigenvalue weighted by Gasteiger charge is -2.56. The van der Waals surface area contributed by atoms with Gasteiger partial charge < -0.3 is 9.64 Å². The normalized spacial score (nSPS) is 23.3. The SMILES string of the molecule is CC(C)(C)OC(=O)N1CCC2(CC1)CN(C1CCc3cc(-n4nccn4)ccc31)C2. The Bertz CT molecular complexity index is 918. The molecule has 30 heavy (non-hydrogen) atoms. The number of hydrogen-bond donors (Lipinski definition) is 0. The minimum absolute atomic E-state index is 0.166. The van der Waals surface area contributed by atoms with Crippen LogP contribution in [0.4, 0.5) is 4.79 Å². The molecule has 2 aromatic rings. The molecule has 1 aromatic carbocycles. The van der Waals surface area contributed by atoms with Gasteiger partial charge in [-0.25, -0.2) is 4.79 Å². The predicted molar refractivity (Wildman–Crippen MR) is 113 cm³/mol. The molecule has 1 atom stereocenters. The van der Waals surface area contributed by atoms with Crippen LogP contribution in [0, 0.1) is 5.41 Å². The molecule has 1 aliphatic carbocycles. The maximum atomic E-state index is 12.3. The lowest BCUT2D eigenvalue weighted by atomic mass is 9.71. The number of nitrogens with zero attached hydrogens (tertiary/aromatic N) is 5. The monoisotopic (exact) mass is 409 g/mol. The van der Waals surface area contributed by atoms with E-state index in [0.717, 1.165) is 51.1 Å². The number of ether oxygens (including phenoxy) is 1. The molecule has 0 bridgehead atoms. The molecule has 1 spiro atoms. The molecule has 2 saturated heterocycles. The minimum Gasteiger partial charge on any atom is -0.444 e. The van der Waals surface area contributed by atoms with Crippen molar-refractivity contribution in [1.29, 1.82) is 0 Å². The van der Waals surface area contributed by atoms with Crippen LogP contribution in [0.1, 0.15) is 57.2 Å². The summed E-state index contributed by atoms with van der Waals surface area (Å²) in [6.07, 6.45) is 7.71. The summed E-state index contributed by atoms with van der Waals surface area (Å²) in [4.78, 5) is 18.5. The number of fused-ring (bicyclic) bond motifs is 1. The largest absolute Gasteiger partial charge is 0.444 e. The highest BCUT2D eigenvalue weighted by molar-refractivity contribution is 5.68. The zero-order chi connectivity index (χ0) is 20.9. The van der Waals surface area contributed by atoms with Crippen LogP contribution in [0.5, 0.6) is 0 Å². The Morgan fingerprint density at radius 2 is 1.83 bits per heavy atom. The van der Waals surface area contributed by atoms with E-state index < -0.39 is 5.60 Å². The number of carbonyl (C=O) groups is 1. The molecule has 7 nitrogen and oxygen atoms in total. The van der Waals surface area contributed by atoms with Gasteiger partial charge in [0.25, 0.3) is 0 Å². The Morgan fingerprint density at radius 1 is 1.13 bits per heavy atom. The van der Waals surface area contributed by atoms with Crippen LogP contribution in [0.2, 0.25) is 0 Å². The van der Waals surface area contributed by atoms with Crippen LogP contribution in [-0.2, 0) is 11.2 Å². The van der Waals surface area contributed by atoms with Crippen LogP contribution >= 0.6 is 0 Å². The van der Waals surface area contributed by atoms with E-state index in [9.17, 15) is 4.79 Å². The molecule has 0 radical (unpaired) electrons. The molecule has 3 heterocycles. The molecular formula is C23H31N5O2. The molecule has 160 valence electrons. The van der Waals surface area contributed by atoms with Gasteiger partial charge in [-0.3, -0.25) is 4.90 Å². The van der Waals surface area contributed by atoms with Gasteiger partial charge in [-0.15, -0.1) is 0 Å². The number of rotatable bonds is 2. The standard InChI is InChI=1S/C23H31N5O2/c1-22(2,3)30-21(29)26-12-8-23(9-13-26)15-27(16-23)20-7-4-17-14-18(5-6-19(17)20)28-24-10-11-25-28/h5-6,10-11,14,20H,4,7-9,12-13,15-16H2,1-3H3. The van der Waals surface area contributed by atoms with Gasteiger partial charge in [-0.05, 0) is 75.1 Å². The topological polar surface area (TPSA) is 63.5 Å². The van der Waals surface area contributed by atoms with Gasteiger partial charge in [0.1, 0.15) is 5.60 Å². The Kier molecular flexibility index (Phi) is 4.61. The number of hydrogen-bond acceptors (Lipinski definition) is 5. The Labute approximate surface area is 178 Å². The summed E-state index contributed by atoms with van der Waals surface area (Å²) in [5, 5.41) is 8.49. The Balaban J connectivity index is 1.18. The second-order valence-corrected chi connectivity index (χ2v) is 10.1. The first-order valence-electron chi connectivity index (χ1n) is 11.0. The molecule has 1 aromatic heterocycles. The van der Waals surface area contributed by atoms with E-state index in [-0.39, 0.29) is 6.09 Å². The molecule has 2 fully saturated rings. The predicted octanol–water partition coefficient (Wildman–Crippen LogP) is 3.59. The van der Waals surface area contributed by atoms with E-state index >= 15 is 0 Å². The summed E-state index contributed by atoms with van der Waals surface area (Å²) in [6.45, 7) is 9.67. The summed E-state index contributed by atoms with van der Waals surface area (Å²) in [7, 11) is 0. The van der Waals surface area contributed by atoms with Crippen LogP contribution in [-0.4, -0.2) is 62.7 Å². The first kappa shape index (κ1) is 19.5. The van der Waals surface area contributed by atoms with Crippen molar-refractivity contribution >= 4 is 6.09 Å². The van der Waals surface area contributed by atoms with E-state index in [4.69, 9.17) is 4.74 Å². The van der Waals surface area contributed by atoms with Crippen molar-refractivity contribution in [2.45, 2.75) is 58.1 Å². The molecule has 0 N–H and O–H groups in total. The third-order valence-corrected chi connectivity index (χ3v) is 6.82. The molecule has 7 heteroatoms. The molecule has 0 saturated carbocycles. The van der Waals surface area contributed by atoms with Crippen molar-refractivity contribution in [2.75, 3.05) is 26.2 Å². The average Bonchev–Trinajstić information content (AvgIpc) is 3.34. The highest BCUT2D eigenvalue weighted by atomic mass is 16.6. The van der Waals surface area contributed by atoms with Crippen molar-refractivity contribution in [1.82, 2.24) is 24.8 Å². The maximum Gasteiger partial charge on any atom is 0.410 e. The van der Waals surface area contributed by atoms with Crippen LogP contribution in [0.25, 0.3) is 5.69 Å². The van der Waals surface area contributed by atoms with Crippen molar-refractivity contribution in [3.63, 3.8) is 0 Å². The van der Waals surface area contributed by atoms with Gasteiger partial charge >= 0.3 is 6.09 Å². The van der Waals surface area contributed by atoms with Gasteiger partial charge in [-0.1, -0.05) is 6.07 Å². The van der Waals surface area contributed by atoms with Gasteiger partial charge in [0.2, 0.25) is 0 Å². The number of benzene rings is 1. The summed E-state index contributed by atoms with van der Waals surface area (Å²) >= 11 is 0. The van der Waals surface area contributed by atoms with Crippen LogP contribution < -0.4 is 0 Å². The summed E-state index contributed by atoms with van der Waals surface area (Å²) in [5.74, 6) is 0. The third kappa shape index (κ3) is 3.60. The van der Waals surface area contributed by atoms with Crippen molar-refractivity contribution in [2.24, 2.45) is 5.41 Å². The molecule has 5 rings (SSSR count). The maximum absolute atomic E-state index is 12.3. The zero-order valence-electron chi connectivity index (χ0n) is 18.2. The summed E-state index contributed by atoms with van der Waals surface area (Å²) in [6, 6.07) is 7.16. The van der Waals surface area contributed by atoms with Gasteiger partial charge in [-0.2, -0.15) is 15.0 Å². The number of amides is 1. The molecule has 1 unspecified atom stereocenters. The van der Waals surface area contributed by atoms with Gasteiger partial charge in [0.15, 0.2) is 0 Å². The molecule has 3 aliphatic rings. The molecule has 1 amide bonds. The number of piperidine rings is 1. The number of aryl methyl sites for hydroxylation is 1. The van der Waals surface area contributed by atoms with Crippen LogP contribution in [0.3, 0.4) is 0 Å². The number of carbonyl (C=O) groups excluding carboxylic acids is 1. The Hall–Kier alpha value is -2.41. The average molecular weight is 410 g/mol. The number of likely N-dealkylation sites (tertiary alicyclic amines) is 2. The fourth-order valence-electron chi connectivity index (χ4n) is 5.28. The molecule has 2 aliphatic heterocycles. The van der Waals surface area contributed by atoms with Crippen molar-refractivity contribution in [3.8, 4) is 5.69 Å². The van der Waals surface area contributed by atoms with Gasteiger partial charge in [0.05, 0.1) is 18.1 Å². The highest BCUT2D eigenvalue weighted by Crippen LogP contribution is 2.47. The lowest BCUT2D eigenvalue weighted by Crippen LogP contribution is -2.61. The quantitative estimate of drug-likeness (QED) is 0.759. The second-order valence-electron chi connectivity index (χ2n) is 10.1. The fourth-order valence-corrected chi connectivity index (χ4v) is 5.28. The first-order valence-corrected chi connectivity index (χ1v) is 11.0. The highest BCUT2D eigenvalue weighted by Gasteiger charge is 2.48. The zero-order valence-corrected chi connectivity index (χ0v) is 18.2. The van der Waals surface area contributed by atoms with Crippen LogP contribution in [0.15, 0.2) is 30.6 Å². The Morgan fingerprint density at radius 3 is 2.50 bits per heavy atom. The van der Waals surface area contributed by atoms with Gasteiger partial charge in [0, 0.05) is 32.2 Å².